The van der Waals surface area contributed by atoms with Gasteiger partial charge in [-0.15, -0.1) is 18.3 Å². The van der Waals surface area contributed by atoms with Gasteiger partial charge < -0.3 is 0 Å². The zero-order valence-corrected chi connectivity index (χ0v) is 12.7. The molecule has 3 atom stereocenters. The number of rotatable bonds is 6. The van der Waals surface area contributed by atoms with Crippen LogP contribution in [0.25, 0.3) is 0 Å². The second kappa shape index (κ2) is 6.21. The van der Waals surface area contributed by atoms with Crippen LogP contribution in [-0.4, -0.2) is 15.6 Å². The predicted octanol–water partition coefficient (Wildman–Crippen LogP) is 4.64. The van der Waals surface area contributed by atoms with E-state index in [-0.39, 0.29) is 4.87 Å². The molecule has 0 amide bonds. The van der Waals surface area contributed by atoms with Gasteiger partial charge in [0.15, 0.2) is 0 Å². The third-order valence-electron chi connectivity index (χ3n) is 2.98. The molecular weight excluding hydrogens is 233 g/mol. The fourth-order valence-electron chi connectivity index (χ4n) is 2.11. The molecule has 1 aliphatic rings. The maximum Gasteiger partial charge on any atom is 0.107 e. The molecule has 1 aliphatic heterocycles. The molecule has 0 spiro atoms. The minimum Gasteiger partial charge on any atom is -0.271 e. The van der Waals surface area contributed by atoms with Gasteiger partial charge in [-0.25, -0.2) is 0 Å². The van der Waals surface area contributed by atoms with Crippen LogP contribution in [0.2, 0.25) is 0 Å². The maximum atomic E-state index is 4.94. The van der Waals surface area contributed by atoms with Gasteiger partial charge in [-0.3, -0.25) is 4.99 Å². The van der Waals surface area contributed by atoms with Crippen molar-refractivity contribution in [3.8, 4) is 0 Å². The third kappa shape index (κ3) is 3.60. The molecule has 0 N–H and O–H groups in total. The van der Waals surface area contributed by atoms with E-state index in [1.54, 1.807) is 0 Å². The monoisotopic (exact) mass is 257 g/mol. The summed E-state index contributed by atoms with van der Waals surface area (Å²) in [5.74, 6) is 0. The van der Waals surface area contributed by atoms with Crippen LogP contribution in [0, 0.1) is 0 Å². The number of allylic oxidation sites excluding steroid dienone is 1. The van der Waals surface area contributed by atoms with Gasteiger partial charge in [-0.05, 0) is 32.6 Å². The molecular formula is C13H24NPS. The first-order chi connectivity index (χ1) is 7.53. The van der Waals surface area contributed by atoms with Gasteiger partial charge in [0.05, 0.1) is 0 Å². The van der Waals surface area contributed by atoms with E-state index >= 15 is 0 Å². The molecule has 3 heteroatoms. The highest BCUT2D eigenvalue weighted by atomic mass is 32.2. The molecule has 0 saturated heterocycles. The van der Waals surface area contributed by atoms with E-state index in [2.05, 4.69) is 48.4 Å². The van der Waals surface area contributed by atoms with Gasteiger partial charge in [0, 0.05) is 10.7 Å². The molecule has 0 aromatic heterocycles. The third-order valence-corrected chi connectivity index (χ3v) is 5.55. The number of thioether (sulfide) groups is 1. The van der Waals surface area contributed by atoms with Crippen molar-refractivity contribution in [3.63, 3.8) is 0 Å². The summed E-state index contributed by atoms with van der Waals surface area (Å²) < 4.78 is 0. The normalized spacial score (nSPS) is 29.2. The zero-order valence-electron chi connectivity index (χ0n) is 10.8. The molecule has 1 nitrogen and oxygen atoms in total. The second-order valence-electron chi connectivity index (χ2n) is 4.70. The lowest BCUT2D eigenvalue weighted by atomic mass is 10.0. The van der Waals surface area contributed by atoms with E-state index in [0.29, 0.717) is 5.25 Å². The minimum atomic E-state index is 0.144. The lowest BCUT2D eigenvalue weighted by Gasteiger charge is -2.26. The molecule has 1 rings (SSSR count). The molecule has 1 heterocycles. The van der Waals surface area contributed by atoms with Crippen LogP contribution in [0.4, 0.5) is 0 Å². The van der Waals surface area contributed by atoms with E-state index in [9.17, 15) is 0 Å². The van der Waals surface area contributed by atoms with Gasteiger partial charge in [-0.1, -0.05) is 35.1 Å². The van der Waals surface area contributed by atoms with Gasteiger partial charge in [0.25, 0.3) is 0 Å². The Morgan fingerprint density at radius 3 is 2.62 bits per heavy atom. The molecule has 0 saturated carbocycles. The topological polar surface area (TPSA) is 12.4 Å². The molecule has 92 valence electrons. The summed E-state index contributed by atoms with van der Waals surface area (Å²) in [6.07, 6.45) is 5.84. The summed E-state index contributed by atoms with van der Waals surface area (Å²) in [4.78, 5) is 5.08. The smallest absolute Gasteiger partial charge is 0.107 e. The molecule has 0 bridgehead atoms. The molecule has 0 fully saturated rings. The van der Waals surface area contributed by atoms with Crippen LogP contribution < -0.4 is 0 Å². The number of hydrogen-bond acceptors (Lipinski definition) is 2. The van der Waals surface area contributed by atoms with Crippen LogP contribution in [0.3, 0.4) is 0 Å². The summed E-state index contributed by atoms with van der Waals surface area (Å²) in [7, 11) is 2.83. The van der Waals surface area contributed by atoms with E-state index in [1.807, 2.05) is 0 Å². The van der Waals surface area contributed by atoms with E-state index in [1.165, 1.54) is 30.3 Å². The van der Waals surface area contributed by atoms with Crippen LogP contribution in [0.5, 0.6) is 0 Å². The molecule has 0 aromatic rings. The molecule has 0 aromatic carbocycles. The SMILES string of the molecule is C=C(C)CCC1(CCC)N=C(P)C(CC)S1. The zero-order chi connectivity index (χ0) is 12.2. The second-order valence-corrected chi connectivity index (χ2v) is 6.86. The Labute approximate surface area is 107 Å². The standard InChI is InChI=1S/C13H24NPS/c1-5-8-13(9-7-10(3)4)14-12(15)11(6-2)16-13/h11H,3,5-9,15H2,1-2,4H3. The highest BCUT2D eigenvalue weighted by molar-refractivity contribution is 8.03. The van der Waals surface area contributed by atoms with Gasteiger partial charge in [-0.2, -0.15) is 0 Å². The lowest BCUT2D eigenvalue weighted by Crippen LogP contribution is -2.20. The lowest BCUT2D eigenvalue weighted by molar-refractivity contribution is 0.520. The Balaban J connectivity index is 2.71. The predicted molar refractivity (Wildman–Crippen MR) is 80.5 cm³/mol. The minimum absolute atomic E-state index is 0.144. The fourth-order valence-corrected chi connectivity index (χ4v) is 4.46. The van der Waals surface area contributed by atoms with Gasteiger partial charge in [0.2, 0.25) is 0 Å². The number of nitrogens with zero attached hydrogens (tertiary/aromatic N) is 1. The molecule has 0 radical (unpaired) electrons. The van der Waals surface area contributed by atoms with Crippen molar-refractivity contribution in [1.82, 2.24) is 0 Å². The van der Waals surface area contributed by atoms with Crippen LogP contribution in [0.15, 0.2) is 17.1 Å². The summed E-state index contributed by atoms with van der Waals surface area (Å²) >= 11 is 2.07. The van der Waals surface area contributed by atoms with Crippen molar-refractivity contribution >= 4 is 26.5 Å². The average molecular weight is 257 g/mol. The number of hydrogen-bond donors (Lipinski definition) is 0. The largest absolute Gasteiger partial charge is 0.271 e. The van der Waals surface area contributed by atoms with Crippen molar-refractivity contribution in [1.29, 1.82) is 0 Å². The van der Waals surface area contributed by atoms with Crippen molar-refractivity contribution in [2.75, 3.05) is 0 Å². The van der Waals surface area contributed by atoms with Gasteiger partial charge >= 0.3 is 0 Å². The maximum absolute atomic E-state index is 4.94. The highest BCUT2D eigenvalue weighted by Gasteiger charge is 2.38. The van der Waals surface area contributed by atoms with Crippen LogP contribution in [-0.2, 0) is 0 Å². The van der Waals surface area contributed by atoms with Crippen molar-refractivity contribution in [2.24, 2.45) is 4.99 Å². The first kappa shape index (κ1) is 14.3. The Morgan fingerprint density at radius 2 is 2.19 bits per heavy atom. The Hall–Kier alpha value is 0.190. The Bertz CT molecular complexity index is 288. The molecule has 0 aliphatic carbocycles. The summed E-state index contributed by atoms with van der Waals surface area (Å²) in [5.41, 5.74) is 2.54. The number of aliphatic imine (C=N–C) groups is 1. The fraction of sp³-hybridized carbons (Fsp3) is 0.769. The van der Waals surface area contributed by atoms with Crippen LogP contribution in [0.1, 0.15) is 52.9 Å². The first-order valence-corrected chi connectivity index (χ1v) is 7.66. The molecule has 16 heavy (non-hydrogen) atoms. The quantitative estimate of drug-likeness (QED) is 0.499. The van der Waals surface area contributed by atoms with Crippen LogP contribution >= 0.6 is 21.0 Å². The van der Waals surface area contributed by atoms with Crippen molar-refractivity contribution in [2.45, 2.75) is 63.0 Å². The summed E-state index contributed by atoms with van der Waals surface area (Å²) in [5, 5.41) is 0.613. The van der Waals surface area contributed by atoms with E-state index in [0.717, 1.165) is 12.8 Å². The van der Waals surface area contributed by atoms with Crippen molar-refractivity contribution < 1.29 is 0 Å². The molecule has 3 unspecified atom stereocenters. The first-order valence-electron chi connectivity index (χ1n) is 6.20. The summed E-state index contributed by atoms with van der Waals surface area (Å²) in [6, 6.07) is 0. The Morgan fingerprint density at radius 1 is 1.50 bits per heavy atom. The van der Waals surface area contributed by atoms with E-state index < -0.39 is 0 Å². The van der Waals surface area contributed by atoms with E-state index in [4.69, 9.17) is 4.99 Å². The highest BCUT2D eigenvalue weighted by Crippen LogP contribution is 2.47. The average Bonchev–Trinajstić information content (AvgIpc) is 2.53. The Kier molecular flexibility index (Phi) is 5.53. The summed E-state index contributed by atoms with van der Waals surface area (Å²) in [6.45, 7) is 10.6. The van der Waals surface area contributed by atoms with Gasteiger partial charge in [0.1, 0.15) is 4.87 Å². The van der Waals surface area contributed by atoms with Crippen molar-refractivity contribution in [3.05, 3.63) is 12.2 Å².